The molecule has 0 aliphatic carbocycles. The predicted octanol–water partition coefficient (Wildman–Crippen LogP) is 3.14. The molecule has 74 valence electrons. The summed E-state index contributed by atoms with van der Waals surface area (Å²) in [6.07, 6.45) is 0. The fourth-order valence-corrected chi connectivity index (χ4v) is 3.59. The third-order valence-corrected chi connectivity index (χ3v) is 4.44. The van der Waals surface area contributed by atoms with Crippen LogP contribution in [-0.4, -0.2) is 8.42 Å². The van der Waals surface area contributed by atoms with Crippen LogP contribution in [0.1, 0.15) is 5.56 Å². The van der Waals surface area contributed by atoms with E-state index in [0.29, 0.717) is 0 Å². The maximum Gasteiger partial charge on any atom is 0.261 e. The third-order valence-electron chi connectivity index (χ3n) is 2.01. The first kappa shape index (κ1) is 9.96. The third kappa shape index (κ3) is 1.54. The van der Waals surface area contributed by atoms with Crippen molar-refractivity contribution in [3.05, 3.63) is 29.1 Å². The quantitative estimate of drug-likeness (QED) is 0.725. The number of aryl methyl sites for hydroxylation is 1. The molecular formula is C9H7ClO2S2. The molecule has 2 aromatic rings. The zero-order chi connectivity index (χ0) is 10.3. The lowest BCUT2D eigenvalue weighted by Crippen LogP contribution is -1.91. The van der Waals surface area contributed by atoms with Crippen molar-refractivity contribution < 1.29 is 8.42 Å². The Morgan fingerprint density at radius 2 is 2.07 bits per heavy atom. The van der Waals surface area contributed by atoms with Gasteiger partial charge >= 0.3 is 0 Å². The van der Waals surface area contributed by atoms with E-state index in [0.717, 1.165) is 15.6 Å². The second kappa shape index (κ2) is 3.22. The minimum absolute atomic E-state index is 0.204. The summed E-state index contributed by atoms with van der Waals surface area (Å²) in [5.74, 6) is 0. The number of benzene rings is 1. The van der Waals surface area contributed by atoms with E-state index in [1.807, 2.05) is 18.4 Å². The number of hydrogen-bond acceptors (Lipinski definition) is 3. The predicted molar refractivity (Wildman–Crippen MR) is 59.6 cm³/mol. The average Bonchev–Trinajstić information content (AvgIpc) is 2.46. The Morgan fingerprint density at radius 3 is 2.71 bits per heavy atom. The topological polar surface area (TPSA) is 34.1 Å². The average molecular weight is 247 g/mol. The van der Waals surface area contributed by atoms with E-state index in [1.165, 1.54) is 17.4 Å². The number of halogens is 1. The minimum Gasteiger partial charge on any atom is -0.207 e. The highest BCUT2D eigenvalue weighted by atomic mass is 35.7. The molecule has 1 aromatic heterocycles. The van der Waals surface area contributed by atoms with Crippen molar-refractivity contribution >= 4 is 41.2 Å². The monoisotopic (exact) mass is 246 g/mol. The number of hydrogen-bond donors (Lipinski definition) is 0. The Labute approximate surface area is 90.6 Å². The Kier molecular flexibility index (Phi) is 2.29. The van der Waals surface area contributed by atoms with Crippen molar-refractivity contribution in [1.82, 2.24) is 0 Å². The van der Waals surface area contributed by atoms with Crippen LogP contribution in [0.25, 0.3) is 10.1 Å². The van der Waals surface area contributed by atoms with E-state index in [2.05, 4.69) is 0 Å². The van der Waals surface area contributed by atoms with Crippen LogP contribution in [0.4, 0.5) is 0 Å². The summed E-state index contributed by atoms with van der Waals surface area (Å²) in [5.41, 5.74) is 0.949. The Balaban J connectivity index is 2.96. The molecule has 1 aromatic carbocycles. The van der Waals surface area contributed by atoms with E-state index in [4.69, 9.17) is 10.7 Å². The molecule has 0 aliphatic heterocycles. The second-order valence-corrected chi connectivity index (χ2v) is 6.43. The number of fused-ring (bicyclic) bond motifs is 1. The maximum atomic E-state index is 11.3. The fourth-order valence-electron chi connectivity index (χ4n) is 1.41. The van der Waals surface area contributed by atoms with Crippen molar-refractivity contribution in [2.45, 2.75) is 11.8 Å². The van der Waals surface area contributed by atoms with Crippen LogP contribution in [0.2, 0.25) is 0 Å². The van der Waals surface area contributed by atoms with Gasteiger partial charge in [-0.3, -0.25) is 0 Å². The number of thiophene rings is 1. The van der Waals surface area contributed by atoms with E-state index in [9.17, 15) is 8.42 Å². The molecule has 2 rings (SSSR count). The molecule has 0 amide bonds. The van der Waals surface area contributed by atoms with Crippen LogP contribution in [0, 0.1) is 6.92 Å². The molecule has 0 aliphatic rings. The van der Waals surface area contributed by atoms with Gasteiger partial charge in [0.1, 0.15) is 0 Å². The highest BCUT2D eigenvalue weighted by Crippen LogP contribution is 2.32. The SMILES string of the molecule is Cc1csc2cccc(S(=O)(=O)Cl)c12. The van der Waals surface area contributed by atoms with Crippen LogP contribution in [0.15, 0.2) is 28.5 Å². The molecular weight excluding hydrogens is 240 g/mol. The van der Waals surface area contributed by atoms with Crippen molar-refractivity contribution in [3.8, 4) is 0 Å². The summed E-state index contributed by atoms with van der Waals surface area (Å²) in [7, 11) is 1.70. The molecule has 14 heavy (non-hydrogen) atoms. The van der Waals surface area contributed by atoms with Crippen LogP contribution in [-0.2, 0) is 9.05 Å². The van der Waals surface area contributed by atoms with Gasteiger partial charge < -0.3 is 0 Å². The first-order valence-electron chi connectivity index (χ1n) is 3.91. The second-order valence-electron chi connectivity index (χ2n) is 2.99. The lowest BCUT2D eigenvalue weighted by molar-refractivity contribution is 0.610. The van der Waals surface area contributed by atoms with Crippen molar-refractivity contribution in [2.75, 3.05) is 0 Å². The van der Waals surface area contributed by atoms with Crippen molar-refractivity contribution in [3.63, 3.8) is 0 Å². The maximum absolute atomic E-state index is 11.3. The van der Waals surface area contributed by atoms with Gasteiger partial charge in [0, 0.05) is 20.8 Å². The smallest absolute Gasteiger partial charge is 0.207 e. The highest BCUT2D eigenvalue weighted by Gasteiger charge is 2.15. The van der Waals surface area contributed by atoms with Gasteiger partial charge in [-0.2, -0.15) is 0 Å². The van der Waals surface area contributed by atoms with Gasteiger partial charge in [-0.25, -0.2) is 8.42 Å². The Hall–Kier alpha value is -0.580. The standard InChI is InChI=1S/C9H7ClO2S2/c1-6-5-13-7-3-2-4-8(9(6)7)14(10,11)12/h2-5H,1H3. The van der Waals surface area contributed by atoms with Gasteiger partial charge in [0.25, 0.3) is 9.05 Å². The molecule has 0 saturated heterocycles. The molecule has 0 saturated carbocycles. The van der Waals surface area contributed by atoms with E-state index < -0.39 is 9.05 Å². The van der Waals surface area contributed by atoms with Crippen LogP contribution in [0.5, 0.6) is 0 Å². The first-order chi connectivity index (χ1) is 6.50. The van der Waals surface area contributed by atoms with Crippen molar-refractivity contribution in [1.29, 1.82) is 0 Å². The molecule has 0 radical (unpaired) electrons. The Morgan fingerprint density at radius 1 is 1.36 bits per heavy atom. The van der Waals surface area contributed by atoms with Gasteiger partial charge in [-0.15, -0.1) is 11.3 Å². The summed E-state index contributed by atoms with van der Waals surface area (Å²) in [6, 6.07) is 5.12. The molecule has 5 heteroatoms. The van der Waals surface area contributed by atoms with E-state index in [-0.39, 0.29) is 4.90 Å². The van der Waals surface area contributed by atoms with E-state index >= 15 is 0 Å². The molecule has 2 nitrogen and oxygen atoms in total. The van der Waals surface area contributed by atoms with Gasteiger partial charge in [0.2, 0.25) is 0 Å². The van der Waals surface area contributed by atoms with Gasteiger partial charge in [0.05, 0.1) is 4.90 Å². The summed E-state index contributed by atoms with van der Waals surface area (Å²) in [5, 5.41) is 2.67. The molecule has 1 heterocycles. The molecule has 0 N–H and O–H groups in total. The zero-order valence-electron chi connectivity index (χ0n) is 7.32. The Bertz CT molecular complexity index is 584. The summed E-state index contributed by atoms with van der Waals surface area (Å²) < 4.78 is 23.5. The zero-order valence-corrected chi connectivity index (χ0v) is 9.71. The number of rotatable bonds is 1. The molecule has 0 atom stereocenters. The van der Waals surface area contributed by atoms with Crippen LogP contribution < -0.4 is 0 Å². The fraction of sp³-hybridized carbons (Fsp3) is 0.111. The van der Waals surface area contributed by atoms with Crippen LogP contribution >= 0.6 is 22.0 Å². The lowest BCUT2D eigenvalue weighted by Gasteiger charge is -1.99. The summed E-state index contributed by atoms with van der Waals surface area (Å²) in [4.78, 5) is 0.204. The molecule has 0 spiro atoms. The van der Waals surface area contributed by atoms with Crippen molar-refractivity contribution in [2.24, 2.45) is 0 Å². The molecule has 0 fully saturated rings. The first-order valence-corrected chi connectivity index (χ1v) is 7.10. The van der Waals surface area contributed by atoms with Crippen LogP contribution in [0.3, 0.4) is 0 Å². The normalized spacial score (nSPS) is 12.1. The summed E-state index contributed by atoms with van der Waals surface area (Å²) >= 11 is 1.52. The molecule has 0 bridgehead atoms. The van der Waals surface area contributed by atoms with Gasteiger partial charge in [0.15, 0.2) is 0 Å². The minimum atomic E-state index is -3.64. The van der Waals surface area contributed by atoms with Gasteiger partial charge in [-0.1, -0.05) is 6.07 Å². The largest absolute Gasteiger partial charge is 0.261 e. The van der Waals surface area contributed by atoms with Gasteiger partial charge in [-0.05, 0) is 30.0 Å². The van der Waals surface area contributed by atoms with E-state index in [1.54, 1.807) is 6.07 Å². The highest BCUT2D eigenvalue weighted by molar-refractivity contribution is 8.14. The lowest BCUT2D eigenvalue weighted by atomic mass is 10.2. The molecule has 0 unspecified atom stereocenters. The summed E-state index contributed by atoms with van der Waals surface area (Å²) in [6.45, 7) is 1.88.